The Kier molecular flexibility index (Phi) is 4.58. The minimum atomic E-state index is -0.717. The highest BCUT2D eigenvalue weighted by atomic mass is 16.7. The molecule has 2 fully saturated rings. The van der Waals surface area contributed by atoms with E-state index in [2.05, 4.69) is 0 Å². The van der Waals surface area contributed by atoms with Gasteiger partial charge < -0.3 is 19.0 Å². The van der Waals surface area contributed by atoms with Crippen molar-refractivity contribution in [1.29, 1.82) is 0 Å². The first-order valence-electron chi connectivity index (χ1n) is 7.55. The molecule has 2 aliphatic heterocycles. The average molecular weight is 299 g/mol. The summed E-state index contributed by atoms with van der Waals surface area (Å²) in [5.41, 5.74) is -0.585. The number of carbonyl (C=O) groups is 2. The minimum Gasteiger partial charge on any atom is -0.444 e. The molecule has 2 heterocycles. The number of ether oxygens (including phenoxy) is 3. The largest absolute Gasteiger partial charge is 0.444 e. The molecule has 0 N–H and O–H groups in total. The van der Waals surface area contributed by atoms with Crippen molar-refractivity contribution in [3.63, 3.8) is 0 Å². The van der Waals surface area contributed by atoms with Gasteiger partial charge in [0.25, 0.3) is 0 Å². The molecule has 6 nitrogen and oxygen atoms in total. The summed E-state index contributed by atoms with van der Waals surface area (Å²) >= 11 is 0. The van der Waals surface area contributed by atoms with Gasteiger partial charge in [-0.2, -0.15) is 0 Å². The van der Waals surface area contributed by atoms with Crippen LogP contribution in [0.25, 0.3) is 0 Å². The summed E-state index contributed by atoms with van der Waals surface area (Å²) in [5.74, 6) is -0.717. The van der Waals surface area contributed by atoms with E-state index in [4.69, 9.17) is 14.2 Å². The van der Waals surface area contributed by atoms with Gasteiger partial charge in [0.05, 0.1) is 19.3 Å². The summed E-state index contributed by atoms with van der Waals surface area (Å²) in [5, 5.41) is 0. The van der Waals surface area contributed by atoms with Crippen molar-refractivity contribution in [3.05, 3.63) is 0 Å². The fourth-order valence-electron chi connectivity index (χ4n) is 3.01. The lowest BCUT2D eigenvalue weighted by Gasteiger charge is -2.46. The smallest absolute Gasteiger partial charge is 0.411 e. The van der Waals surface area contributed by atoms with Crippen LogP contribution in [-0.2, 0) is 19.0 Å². The second-order valence-corrected chi connectivity index (χ2v) is 6.67. The maximum atomic E-state index is 12.4. The van der Waals surface area contributed by atoms with Gasteiger partial charge in [0.2, 0.25) is 0 Å². The van der Waals surface area contributed by atoms with E-state index in [1.165, 1.54) is 0 Å². The average Bonchev–Trinajstić information content (AvgIpc) is 2.83. The molecule has 0 radical (unpaired) electrons. The summed E-state index contributed by atoms with van der Waals surface area (Å²) in [4.78, 5) is 25.5. The fourth-order valence-corrected chi connectivity index (χ4v) is 3.01. The fraction of sp³-hybridized carbons (Fsp3) is 0.867. The molecular formula is C15H25NO5. The zero-order chi connectivity index (χ0) is 15.7. The molecule has 0 aromatic rings. The zero-order valence-electron chi connectivity index (χ0n) is 13.3. The van der Waals surface area contributed by atoms with Crippen molar-refractivity contribution in [2.75, 3.05) is 13.2 Å². The Bertz CT molecular complexity index is 397. The molecule has 0 saturated carbocycles. The molecule has 2 saturated heterocycles. The Labute approximate surface area is 125 Å². The molecule has 2 aliphatic rings. The van der Waals surface area contributed by atoms with E-state index in [1.54, 1.807) is 4.90 Å². The summed E-state index contributed by atoms with van der Waals surface area (Å²) in [6, 6.07) is -0.696. The monoisotopic (exact) mass is 299 g/mol. The molecule has 6 heteroatoms. The van der Waals surface area contributed by atoms with E-state index in [1.807, 2.05) is 27.7 Å². The molecule has 2 atom stereocenters. The third-order valence-electron chi connectivity index (χ3n) is 3.86. The highest BCUT2D eigenvalue weighted by Gasteiger charge is 2.50. The second kappa shape index (κ2) is 5.93. The van der Waals surface area contributed by atoms with Crippen LogP contribution in [0, 0.1) is 0 Å². The summed E-state index contributed by atoms with van der Waals surface area (Å²) in [6.45, 7) is 8.50. The predicted molar refractivity (Wildman–Crippen MR) is 75.9 cm³/mol. The Morgan fingerprint density at radius 2 is 1.95 bits per heavy atom. The summed E-state index contributed by atoms with van der Waals surface area (Å²) < 4.78 is 16.9. The number of carbonyl (C=O) groups excluding carboxylic acids is 2. The Hall–Kier alpha value is -1.14. The van der Waals surface area contributed by atoms with Gasteiger partial charge in [-0.05, 0) is 27.2 Å². The van der Waals surface area contributed by atoms with Crippen LogP contribution in [0.2, 0.25) is 0 Å². The quantitative estimate of drug-likeness (QED) is 0.731. The van der Waals surface area contributed by atoms with E-state index in [9.17, 15) is 9.59 Å². The van der Waals surface area contributed by atoms with Gasteiger partial charge in [-0.3, -0.25) is 4.90 Å². The standard InChI is InChI=1S/C15H25NO5/c1-5-11-8-15(19-6-7-20-15)9-12(10-17)16(11)13(18)21-14(2,3)4/h10-12H,5-9H2,1-4H3/t11-,12-/m1/s1. The van der Waals surface area contributed by atoms with E-state index in [0.717, 1.165) is 12.7 Å². The van der Waals surface area contributed by atoms with Crippen LogP contribution in [0.4, 0.5) is 4.79 Å². The number of amides is 1. The van der Waals surface area contributed by atoms with E-state index in [0.29, 0.717) is 26.1 Å². The van der Waals surface area contributed by atoms with Gasteiger partial charge in [0.15, 0.2) is 5.79 Å². The topological polar surface area (TPSA) is 65.1 Å². The Balaban J connectivity index is 2.19. The number of rotatable bonds is 2. The second-order valence-electron chi connectivity index (χ2n) is 6.67. The molecular weight excluding hydrogens is 274 g/mol. The maximum absolute atomic E-state index is 12.4. The van der Waals surface area contributed by atoms with Crippen molar-refractivity contribution in [2.24, 2.45) is 0 Å². The van der Waals surface area contributed by atoms with Crippen LogP contribution in [0.1, 0.15) is 47.0 Å². The zero-order valence-corrected chi connectivity index (χ0v) is 13.3. The lowest BCUT2D eigenvalue weighted by Crippen LogP contribution is -2.59. The highest BCUT2D eigenvalue weighted by Crippen LogP contribution is 2.38. The number of likely N-dealkylation sites (tertiary alicyclic amines) is 1. The number of nitrogens with zero attached hydrogens (tertiary/aromatic N) is 1. The highest BCUT2D eigenvalue weighted by molar-refractivity contribution is 5.74. The summed E-state index contributed by atoms with van der Waals surface area (Å²) in [7, 11) is 0. The van der Waals surface area contributed by atoms with Crippen molar-refractivity contribution < 1.29 is 23.8 Å². The van der Waals surface area contributed by atoms with Crippen molar-refractivity contribution in [3.8, 4) is 0 Å². The van der Waals surface area contributed by atoms with Crippen molar-refractivity contribution in [2.45, 2.75) is 70.4 Å². The minimum absolute atomic E-state index is 0.123. The van der Waals surface area contributed by atoms with Crippen molar-refractivity contribution >= 4 is 12.4 Å². The van der Waals surface area contributed by atoms with E-state index < -0.39 is 23.5 Å². The van der Waals surface area contributed by atoms with Gasteiger partial charge in [-0.25, -0.2) is 4.79 Å². The normalized spacial score (nSPS) is 28.7. The third-order valence-corrected chi connectivity index (χ3v) is 3.86. The Morgan fingerprint density at radius 1 is 1.33 bits per heavy atom. The first kappa shape index (κ1) is 16.2. The number of hydrogen-bond acceptors (Lipinski definition) is 5. The summed E-state index contributed by atoms with van der Waals surface area (Å²) in [6.07, 6.45) is 2.01. The lowest BCUT2D eigenvalue weighted by molar-refractivity contribution is -0.204. The van der Waals surface area contributed by atoms with Gasteiger partial charge in [0, 0.05) is 18.9 Å². The first-order valence-corrected chi connectivity index (χ1v) is 7.55. The molecule has 120 valence electrons. The molecule has 21 heavy (non-hydrogen) atoms. The SMILES string of the molecule is CC[C@@H]1CC2(C[C@H](C=O)N1C(=O)OC(C)(C)C)OCCO2. The van der Waals surface area contributed by atoms with Crippen LogP contribution in [0.5, 0.6) is 0 Å². The lowest BCUT2D eigenvalue weighted by atomic mass is 9.89. The maximum Gasteiger partial charge on any atom is 0.411 e. The third kappa shape index (κ3) is 3.55. The van der Waals surface area contributed by atoms with Crippen LogP contribution in [0.15, 0.2) is 0 Å². The molecule has 0 aromatic carbocycles. The number of aldehydes is 1. The van der Waals surface area contributed by atoms with E-state index >= 15 is 0 Å². The number of piperidine rings is 1. The molecule has 1 spiro atoms. The van der Waals surface area contributed by atoms with Crippen LogP contribution in [0.3, 0.4) is 0 Å². The molecule has 1 amide bonds. The molecule has 0 unspecified atom stereocenters. The molecule has 0 aromatic heterocycles. The van der Waals surface area contributed by atoms with Crippen LogP contribution < -0.4 is 0 Å². The predicted octanol–water partition coefficient (Wildman–Crippen LogP) is 2.11. The van der Waals surface area contributed by atoms with Gasteiger partial charge in [0.1, 0.15) is 11.9 Å². The Morgan fingerprint density at radius 3 is 2.43 bits per heavy atom. The van der Waals surface area contributed by atoms with Crippen LogP contribution >= 0.6 is 0 Å². The molecule has 2 rings (SSSR count). The van der Waals surface area contributed by atoms with E-state index in [-0.39, 0.29) is 6.04 Å². The van der Waals surface area contributed by atoms with Crippen LogP contribution in [-0.4, -0.2) is 54.0 Å². The van der Waals surface area contributed by atoms with Gasteiger partial charge in [-0.15, -0.1) is 0 Å². The van der Waals surface area contributed by atoms with Crippen molar-refractivity contribution in [1.82, 2.24) is 4.90 Å². The number of hydrogen-bond donors (Lipinski definition) is 0. The van der Waals surface area contributed by atoms with Gasteiger partial charge in [-0.1, -0.05) is 6.92 Å². The first-order chi connectivity index (χ1) is 9.80. The molecule has 0 aliphatic carbocycles. The van der Waals surface area contributed by atoms with Gasteiger partial charge >= 0.3 is 6.09 Å². The molecule has 0 bridgehead atoms.